The molecule has 184 valence electrons. The summed E-state index contributed by atoms with van der Waals surface area (Å²) in [5.74, 6) is 0.632. The Bertz CT molecular complexity index is 1370. The van der Waals surface area contributed by atoms with Crippen molar-refractivity contribution >= 4 is 17.6 Å². The van der Waals surface area contributed by atoms with Crippen LogP contribution >= 0.6 is 0 Å². The molecule has 0 radical (unpaired) electrons. The van der Waals surface area contributed by atoms with Gasteiger partial charge in [0.15, 0.2) is 18.1 Å². The van der Waals surface area contributed by atoms with Crippen molar-refractivity contribution in [2.75, 3.05) is 33.3 Å². The second-order valence-corrected chi connectivity index (χ2v) is 7.59. The van der Waals surface area contributed by atoms with E-state index in [9.17, 15) is 9.59 Å². The SMILES string of the molecule is COC(=O)COc1cccc(NC(=O)c2cn(-c3ccccc3)nc2-c2ccc(OC)c(OC)c2)c1. The zero-order chi connectivity index (χ0) is 25.5. The minimum Gasteiger partial charge on any atom is -0.493 e. The molecule has 1 amide bonds. The highest BCUT2D eigenvalue weighted by Gasteiger charge is 2.20. The molecule has 9 nitrogen and oxygen atoms in total. The number of esters is 1. The summed E-state index contributed by atoms with van der Waals surface area (Å²) >= 11 is 0. The van der Waals surface area contributed by atoms with Crippen LogP contribution in [0.2, 0.25) is 0 Å². The van der Waals surface area contributed by atoms with E-state index in [0.717, 1.165) is 5.69 Å². The number of amides is 1. The number of benzene rings is 3. The molecule has 0 saturated carbocycles. The summed E-state index contributed by atoms with van der Waals surface area (Å²) < 4.78 is 22.4. The number of anilines is 1. The van der Waals surface area contributed by atoms with E-state index in [1.54, 1.807) is 61.5 Å². The fourth-order valence-corrected chi connectivity index (χ4v) is 3.51. The van der Waals surface area contributed by atoms with Crippen LogP contribution in [0.5, 0.6) is 17.2 Å². The van der Waals surface area contributed by atoms with Gasteiger partial charge in [0.25, 0.3) is 5.91 Å². The Kier molecular flexibility index (Phi) is 7.50. The third kappa shape index (κ3) is 5.47. The normalized spacial score (nSPS) is 10.4. The number of methoxy groups -OCH3 is 3. The molecule has 4 rings (SSSR count). The van der Waals surface area contributed by atoms with Gasteiger partial charge >= 0.3 is 5.97 Å². The van der Waals surface area contributed by atoms with Crippen LogP contribution in [0.3, 0.4) is 0 Å². The fourth-order valence-electron chi connectivity index (χ4n) is 3.51. The molecule has 0 fully saturated rings. The summed E-state index contributed by atoms with van der Waals surface area (Å²) in [6.45, 7) is -0.235. The predicted octanol–water partition coefficient (Wildman–Crippen LogP) is 4.36. The maximum absolute atomic E-state index is 13.4. The largest absolute Gasteiger partial charge is 0.493 e. The van der Waals surface area contributed by atoms with Crippen LogP contribution in [0.25, 0.3) is 16.9 Å². The molecule has 0 atom stereocenters. The van der Waals surface area contributed by atoms with E-state index in [0.29, 0.717) is 39.8 Å². The average Bonchev–Trinajstić information content (AvgIpc) is 3.38. The van der Waals surface area contributed by atoms with Crippen LogP contribution in [-0.2, 0) is 9.53 Å². The van der Waals surface area contributed by atoms with Gasteiger partial charge < -0.3 is 24.3 Å². The smallest absolute Gasteiger partial charge is 0.343 e. The van der Waals surface area contributed by atoms with E-state index in [4.69, 9.17) is 19.3 Å². The number of hydrogen-bond acceptors (Lipinski definition) is 7. The monoisotopic (exact) mass is 487 g/mol. The van der Waals surface area contributed by atoms with Gasteiger partial charge in [-0.2, -0.15) is 5.10 Å². The summed E-state index contributed by atoms with van der Waals surface area (Å²) in [7, 11) is 4.39. The molecule has 0 bridgehead atoms. The highest BCUT2D eigenvalue weighted by Crippen LogP contribution is 2.33. The quantitative estimate of drug-likeness (QED) is 0.350. The lowest BCUT2D eigenvalue weighted by Gasteiger charge is -2.10. The minimum atomic E-state index is -0.502. The number of carbonyl (C=O) groups is 2. The number of nitrogens with zero attached hydrogens (tertiary/aromatic N) is 2. The van der Waals surface area contributed by atoms with Crippen LogP contribution in [-0.4, -0.2) is 49.6 Å². The van der Waals surface area contributed by atoms with Crippen LogP contribution < -0.4 is 19.5 Å². The zero-order valence-corrected chi connectivity index (χ0v) is 20.1. The van der Waals surface area contributed by atoms with Crippen molar-refractivity contribution < 1.29 is 28.5 Å². The van der Waals surface area contributed by atoms with Gasteiger partial charge in [-0.25, -0.2) is 9.48 Å². The second-order valence-electron chi connectivity index (χ2n) is 7.59. The van der Waals surface area contributed by atoms with Gasteiger partial charge in [-0.05, 0) is 42.5 Å². The molecule has 4 aromatic rings. The molecule has 1 N–H and O–H groups in total. The third-order valence-electron chi connectivity index (χ3n) is 5.31. The number of hydrogen-bond donors (Lipinski definition) is 1. The molecule has 0 aliphatic carbocycles. The maximum Gasteiger partial charge on any atom is 0.343 e. The van der Waals surface area contributed by atoms with Crippen LogP contribution in [0.4, 0.5) is 5.69 Å². The Morgan fingerprint density at radius 3 is 2.39 bits per heavy atom. The van der Waals surface area contributed by atoms with Crippen molar-refractivity contribution in [3.8, 4) is 34.2 Å². The molecule has 0 aliphatic heterocycles. The summed E-state index contributed by atoms with van der Waals surface area (Å²) in [6.07, 6.45) is 1.67. The van der Waals surface area contributed by atoms with Gasteiger partial charge in [0, 0.05) is 23.5 Å². The lowest BCUT2D eigenvalue weighted by molar-refractivity contribution is -0.142. The van der Waals surface area contributed by atoms with Gasteiger partial charge in [-0.1, -0.05) is 24.3 Å². The molecule has 9 heteroatoms. The summed E-state index contributed by atoms with van der Waals surface area (Å²) in [6, 6.07) is 21.6. The van der Waals surface area contributed by atoms with Crippen molar-refractivity contribution in [1.29, 1.82) is 0 Å². The Morgan fingerprint density at radius 2 is 1.67 bits per heavy atom. The number of aromatic nitrogens is 2. The minimum absolute atomic E-state index is 0.235. The molecule has 0 saturated heterocycles. The summed E-state index contributed by atoms with van der Waals surface area (Å²) in [5.41, 5.74) is 2.80. The van der Waals surface area contributed by atoms with Gasteiger partial charge in [-0.3, -0.25) is 4.79 Å². The molecule has 1 heterocycles. The fraction of sp³-hybridized carbons (Fsp3) is 0.148. The van der Waals surface area contributed by atoms with E-state index in [1.807, 2.05) is 36.4 Å². The van der Waals surface area contributed by atoms with Crippen LogP contribution in [0, 0.1) is 0 Å². The van der Waals surface area contributed by atoms with Crippen molar-refractivity contribution in [3.05, 3.63) is 84.6 Å². The zero-order valence-electron chi connectivity index (χ0n) is 20.1. The van der Waals surface area contributed by atoms with Crippen molar-refractivity contribution in [2.24, 2.45) is 0 Å². The number of carbonyl (C=O) groups excluding carboxylic acids is 2. The summed E-state index contributed by atoms with van der Waals surface area (Å²) in [4.78, 5) is 24.8. The number of nitrogens with one attached hydrogen (secondary N) is 1. The van der Waals surface area contributed by atoms with Crippen molar-refractivity contribution in [3.63, 3.8) is 0 Å². The second kappa shape index (κ2) is 11.1. The first-order valence-corrected chi connectivity index (χ1v) is 11.0. The van der Waals surface area contributed by atoms with Crippen LogP contribution in [0.1, 0.15) is 10.4 Å². The Labute approximate surface area is 208 Å². The van der Waals surface area contributed by atoms with E-state index in [2.05, 4.69) is 10.1 Å². The first-order valence-electron chi connectivity index (χ1n) is 11.0. The molecule has 1 aromatic heterocycles. The molecule has 0 unspecified atom stereocenters. The molecular weight excluding hydrogens is 462 g/mol. The molecule has 0 spiro atoms. The van der Waals surface area contributed by atoms with Crippen molar-refractivity contribution in [2.45, 2.75) is 0 Å². The van der Waals surface area contributed by atoms with Gasteiger partial charge in [-0.15, -0.1) is 0 Å². The molecule has 0 aliphatic rings. The molecular formula is C27H25N3O6. The van der Waals surface area contributed by atoms with Crippen molar-refractivity contribution in [1.82, 2.24) is 9.78 Å². The predicted molar refractivity (Wildman–Crippen MR) is 134 cm³/mol. The standard InChI is InChI=1S/C27H25N3O6/c1-33-23-13-12-18(14-24(23)34-2)26-22(16-30(29-26)20-9-5-4-6-10-20)27(32)28-19-8-7-11-21(15-19)36-17-25(31)35-3/h4-16H,17H2,1-3H3,(H,28,32). The van der Waals surface area contributed by atoms with E-state index in [1.165, 1.54) is 7.11 Å². The number of para-hydroxylation sites is 1. The number of ether oxygens (including phenoxy) is 4. The lowest BCUT2D eigenvalue weighted by atomic mass is 10.1. The van der Waals surface area contributed by atoms with E-state index < -0.39 is 5.97 Å². The highest BCUT2D eigenvalue weighted by molar-refractivity contribution is 6.08. The topological polar surface area (TPSA) is 101 Å². The molecule has 36 heavy (non-hydrogen) atoms. The van der Waals surface area contributed by atoms with Gasteiger partial charge in [0.05, 0.1) is 32.6 Å². The van der Waals surface area contributed by atoms with Crippen LogP contribution in [0.15, 0.2) is 79.0 Å². The Balaban J connectivity index is 1.68. The Morgan fingerprint density at radius 1 is 0.889 bits per heavy atom. The van der Waals surface area contributed by atoms with E-state index >= 15 is 0 Å². The van der Waals surface area contributed by atoms with Gasteiger partial charge in [0.1, 0.15) is 11.4 Å². The number of rotatable bonds is 9. The first-order chi connectivity index (χ1) is 17.5. The van der Waals surface area contributed by atoms with Gasteiger partial charge in [0.2, 0.25) is 0 Å². The van der Waals surface area contributed by atoms with E-state index in [-0.39, 0.29) is 12.5 Å². The third-order valence-corrected chi connectivity index (χ3v) is 5.31. The molecule has 3 aromatic carbocycles. The Hall–Kier alpha value is -4.79. The first kappa shape index (κ1) is 24.3. The average molecular weight is 488 g/mol. The lowest BCUT2D eigenvalue weighted by Crippen LogP contribution is -2.14. The summed E-state index contributed by atoms with van der Waals surface area (Å²) in [5, 5.41) is 7.59. The highest BCUT2D eigenvalue weighted by atomic mass is 16.6. The maximum atomic E-state index is 13.4.